The lowest BCUT2D eigenvalue weighted by molar-refractivity contribution is -0.131. The molecule has 23 heavy (non-hydrogen) atoms. The number of ether oxygens (including phenoxy) is 1. The monoisotopic (exact) mass is 337 g/mol. The highest BCUT2D eigenvalue weighted by Gasteiger charge is 2.29. The third kappa shape index (κ3) is 3.98. The van der Waals surface area contributed by atoms with Crippen molar-refractivity contribution in [3.8, 4) is 0 Å². The van der Waals surface area contributed by atoms with E-state index in [0.29, 0.717) is 16.5 Å². The van der Waals surface area contributed by atoms with Crippen LogP contribution >= 0.6 is 11.3 Å². The molecule has 0 saturated carbocycles. The molecule has 1 aliphatic carbocycles. The Kier molecular flexibility index (Phi) is 5.54. The highest BCUT2D eigenvalue weighted by atomic mass is 32.1. The summed E-state index contributed by atoms with van der Waals surface area (Å²) < 4.78 is 4.84. The molecule has 1 unspecified atom stereocenters. The SMILES string of the molecule is CCC1CCc2c(sc(NC(=O)C=CC(=O)O)c2C(=O)OC)C1. The maximum atomic E-state index is 12.1. The van der Waals surface area contributed by atoms with Crippen LogP contribution in [0.1, 0.15) is 40.6 Å². The maximum absolute atomic E-state index is 12.1. The zero-order chi connectivity index (χ0) is 17.0. The number of carbonyl (C=O) groups is 3. The molecule has 1 amide bonds. The molecule has 1 aliphatic rings. The first-order valence-corrected chi connectivity index (χ1v) is 8.22. The Balaban J connectivity index is 2.31. The van der Waals surface area contributed by atoms with E-state index in [0.717, 1.165) is 48.3 Å². The number of rotatable bonds is 5. The van der Waals surface area contributed by atoms with Crippen LogP contribution in [0.3, 0.4) is 0 Å². The molecule has 1 aromatic rings. The Labute approximate surface area is 138 Å². The number of esters is 1. The average molecular weight is 337 g/mol. The van der Waals surface area contributed by atoms with Crippen molar-refractivity contribution in [2.24, 2.45) is 5.92 Å². The molecule has 7 heteroatoms. The van der Waals surface area contributed by atoms with Gasteiger partial charge in [-0.25, -0.2) is 9.59 Å². The predicted molar refractivity (Wildman–Crippen MR) is 86.9 cm³/mol. The van der Waals surface area contributed by atoms with E-state index in [1.165, 1.54) is 18.4 Å². The third-order valence-electron chi connectivity index (χ3n) is 3.95. The first-order valence-electron chi connectivity index (χ1n) is 7.41. The van der Waals surface area contributed by atoms with Gasteiger partial charge >= 0.3 is 11.9 Å². The van der Waals surface area contributed by atoms with E-state index < -0.39 is 17.8 Å². The standard InChI is InChI=1S/C16H19NO5S/c1-3-9-4-5-10-11(8-9)23-15(14(10)16(21)22-2)17-12(18)6-7-13(19)20/h6-7,9H,3-5,8H2,1-2H3,(H,17,18)(H,19,20). The molecular formula is C16H19NO5S. The van der Waals surface area contributed by atoms with Gasteiger partial charge in [-0.3, -0.25) is 4.79 Å². The minimum atomic E-state index is -1.20. The number of hydrogen-bond acceptors (Lipinski definition) is 5. The number of methoxy groups -OCH3 is 1. The molecule has 6 nitrogen and oxygen atoms in total. The molecule has 0 radical (unpaired) electrons. The molecule has 1 aromatic heterocycles. The zero-order valence-corrected chi connectivity index (χ0v) is 13.9. The van der Waals surface area contributed by atoms with Crippen LogP contribution in [0.2, 0.25) is 0 Å². The van der Waals surface area contributed by atoms with Gasteiger partial charge in [0.2, 0.25) is 5.91 Å². The number of carboxylic acids is 1. The minimum absolute atomic E-state index is 0.402. The van der Waals surface area contributed by atoms with Crippen molar-refractivity contribution in [1.82, 2.24) is 0 Å². The number of nitrogens with one attached hydrogen (secondary N) is 1. The van der Waals surface area contributed by atoms with Crippen LogP contribution in [0.15, 0.2) is 12.2 Å². The van der Waals surface area contributed by atoms with E-state index in [1.807, 2.05) is 0 Å². The Bertz CT molecular complexity index is 662. The second kappa shape index (κ2) is 7.41. The van der Waals surface area contributed by atoms with Crippen molar-refractivity contribution in [2.45, 2.75) is 32.6 Å². The molecule has 1 atom stereocenters. The number of thiophene rings is 1. The predicted octanol–water partition coefficient (Wildman–Crippen LogP) is 2.63. The Morgan fingerprint density at radius 2 is 2.13 bits per heavy atom. The Hall–Kier alpha value is -2.15. The van der Waals surface area contributed by atoms with Crippen molar-refractivity contribution in [2.75, 3.05) is 12.4 Å². The summed E-state index contributed by atoms with van der Waals surface area (Å²) in [6.45, 7) is 2.14. The number of fused-ring (bicyclic) bond motifs is 1. The van der Waals surface area contributed by atoms with Crippen molar-refractivity contribution >= 4 is 34.2 Å². The normalized spacial score (nSPS) is 16.9. The third-order valence-corrected chi connectivity index (χ3v) is 5.12. The maximum Gasteiger partial charge on any atom is 0.341 e. The summed E-state index contributed by atoms with van der Waals surface area (Å²) in [5.74, 6) is -1.68. The van der Waals surface area contributed by atoms with E-state index >= 15 is 0 Å². The average Bonchev–Trinajstić information content (AvgIpc) is 2.88. The van der Waals surface area contributed by atoms with Gasteiger partial charge in [-0.15, -0.1) is 11.3 Å². The van der Waals surface area contributed by atoms with Crippen molar-refractivity contribution in [3.05, 3.63) is 28.2 Å². The number of aliphatic carboxylic acids is 1. The summed E-state index contributed by atoms with van der Waals surface area (Å²) in [6, 6.07) is 0. The van der Waals surface area contributed by atoms with Crippen LogP contribution in [-0.4, -0.2) is 30.1 Å². The van der Waals surface area contributed by atoms with Gasteiger partial charge in [0.1, 0.15) is 5.00 Å². The Morgan fingerprint density at radius 1 is 1.39 bits per heavy atom. The lowest BCUT2D eigenvalue weighted by Crippen LogP contribution is -2.15. The van der Waals surface area contributed by atoms with Gasteiger partial charge in [0.15, 0.2) is 0 Å². The van der Waals surface area contributed by atoms with E-state index in [2.05, 4.69) is 12.2 Å². The number of anilines is 1. The van der Waals surface area contributed by atoms with Gasteiger partial charge in [0, 0.05) is 17.0 Å². The van der Waals surface area contributed by atoms with Gasteiger partial charge < -0.3 is 15.2 Å². The second-order valence-electron chi connectivity index (χ2n) is 5.38. The lowest BCUT2D eigenvalue weighted by Gasteiger charge is -2.20. The molecule has 0 saturated heterocycles. The summed E-state index contributed by atoms with van der Waals surface area (Å²) in [7, 11) is 1.31. The van der Waals surface area contributed by atoms with Crippen LogP contribution in [0, 0.1) is 5.92 Å². The number of carbonyl (C=O) groups excluding carboxylic acids is 2. The van der Waals surface area contributed by atoms with E-state index in [1.54, 1.807) is 0 Å². The van der Waals surface area contributed by atoms with Crippen LogP contribution in [-0.2, 0) is 27.2 Å². The quantitative estimate of drug-likeness (QED) is 0.636. The van der Waals surface area contributed by atoms with Crippen LogP contribution in [0.25, 0.3) is 0 Å². The highest BCUT2D eigenvalue weighted by Crippen LogP contribution is 2.40. The zero-order valence-electron chi connectivity index (χ0n) is 13.0. The molecule has 0 aromatic carbocycles. The highest BCUT2D eigenvalue weighted by molar-refractivity contribution is 7.17. The molecule has 0 aliphatic heterocycles. The molecule has 0 bridgehead atoms. The summed E-state index contributed by atoms with van der Waals surface area (Å²) in [6.07, 6.45) is 5.45. The van der Waals surface area contributed by atoms with Crippen LogP contribution in [0.5, 0.6) is 0 Å². The summed E-state index contributed by atoms with van der Waals surface area (Å²) in [4.78, 5) is 35.5. The van der Waals surface area contributed by atoms with Crippen molar-refractivity contribution < 1.29 is 24.2 Å². The summed E-state index contributed by atoms with van der Waals surface area (Å²) >= 11 is 1.37. The molecule has 1 heterocycles. The van der Waals surface area contributed by atoms with E-state index in [4.69, 9.17) is 9.84 Å². The van der Waals surface area contributed by atoms with Gasteiger partial charge in [-0.2, -0.15) is 0 Å². The van der Waals surface area contributed by atoms with Gasteiger partial charge in [-0.05, 0) is 30.7 Å². The topological polar surface area (TPSA) is 92.7 Å². The number of carboxylic acid groups (broad SMARTS) is 1. The van der Waals surface area contributed by atoms with E-state index in [-0.39, 0.29) is 0 Å². The molecule has 0 spiro atoms. The van der Waals surface area contributed by atoms with Gasteiger partial charge in [-0.1, -0.05) is 13.3 Å². The first kappa shape index (κ1) is 17.2. The number of amides is 1. The van der Waals surface area contributed by atoms with Crippen LogP contribution < -0.4 is 5.32 Å². The molecule has 124 valence electrons. The summed E-state index contributed by atoms with van der Waals surface area (Å²) in [5, 5.41) is 11.6. The fourth-order valence-corrected chi connectivity index (χ4v) is 4.06. The fourth-order valence-electron chi connectivity index (χ4n) is 2.71. The van der Waals surface area contributed by atoms with Gasteiger partial charge in [0.25, 0.3) is 0 Å². The van der Waals surface area contributed by atoms with Crippen molar-refractivity contribution in [1.29, 1.82) is 0 Å². The summed E-state index contributed by atoms with van der Waals surface area (Å²) in [5.41, 5.74) is 1.35. The Morgan fingerprint density at radius 3 is 2.74 bits per heavy atom. The number of hydrogen-bond donors (Lipinski definition) is 2. The largest absolute Gasteiger partial charge is 0.478 e. The van der Waals surface area contributed by atoms with Gasteiger partial charge in [0.05, 0.1) is 12.7 Å². The lowest BCUT2D eigenvalue weighted by atomic mass is 9.86. The molecule has 2 N–H and O–H groups in total. The molecular weight excluding hydrogens is 318 g/mol. The van der Waals surface area contributed by atoms with Crippen molar-refractivity contribution in [3.63, 3.8) is 0 Å². The smallest absolute Gasteiger partial charge is 0.341 e. The fraction of sp³-hybridized carbons (Fsp3) is 0.438. The minimum Gasteiger partial charge on any atom is -0.478 e. The second-order valence-corrected chi connectivity index (χ2v) is 6.48. The van der Waals surface area contributed by atoms with Crippen LogP contribution in [0.4, 0.5) is 5.00 Å². The molecule has 0 fully saturated rings. The van der Waals surface area contributed by atoms with E-state index in [9.17, 15) is 14.4 Å². The molecule has 2 rings (SSSR count). The first-order chi connectivity index (χ1) is 11.0.